The monoisotopic (exact) mass is 287 g/mol. The van der Waals surface area contributed by atoms with Gasteiger partial charge in [0.25, 0.3) is 5.69 Å². The number of halogens is 1. The third-order valence-corrected chi connectivity index (χ3v) is 2.65. The van der Waals surface area contributed by atoms with E-state index in [4.69, 9.17) is 4.74 Å². The van der Waals surface area contributed by atoms with Gasteiger partial charge in [0.05, 0.1) is 11.5 Å². The van der Waals surface area contributed by atoms with Crippen LogP contribution in [0.5, 0.6) is 5.75 Å². The molecule has 0 N–H and O–H groups in total. The van der Waals surface area contributed by atoms with E-state index >= 15 is 0 Å². The number of non-ortho nitro benzene ring substituents is 1. The molecule has 0 fully saturated rings. The van der Waals surface area contributed by atoms with Crippen LogP contribution < -0.4 is 4.74 Å². The van der Waals surface area contributed by atoms with E-state index in [9.17, 15) is 10.1 Å². The first-order valence-corrected chi connectivity index (χ1v) is 6.29. The Morgan fingerprint density at radius 2 is 1.88 bits per heavy atom. The fraction of sp³-hybridized carbons (Fsp3) is 0.455. The fourth-order valence-corrected chi connectivity index (χ4v) is 1.62. The van der Waals surface area contributed by atoms with E-state index in [2.05, 4.69) is 15.9 Å². The Bertz CT molecular complexity index is 327. The summed E-state index contributed by atoms with van der Waals surface area (Å²) in [5, 5.41) is 11.4. The number of nitrogens with zero attached hydrogens (tertiary/aromatic N) is 1. The van der Waals surface area contributed by atoms with Crippen molar-refractivity contribution in [1.82, 2.24) is 0 Å². The molecule has 16 heavy (non-hydrogen) atoms. The molecule has 0 bridgehead atoms. The average molecular weight is 288 g/mol. The molecule has 88 valence electrons. The van der Waals surface area contributed by atoms with Crippen molar-refractivity contribution in [2.24, 2.45) is 0 Å². The number of hydrogen-bond donors (Lipinski definition) is 0. The van der Waals surface area contributed by atoms with E-state index in [0.29, 0.717) is 12.4 Å². The first kappa shape index (κ1) is 13.0. The summed E-state index contributed by atoms with van der Waals surface area (Å²) in [6, 6.07) is 6.16. The third-order valence-electron chi connectivity index (χ3n) is 2.09. The highest BCUT2D eigenvalue weighted by atomic mass is 79.9. The van der Waals surface area contributed by atoms with Crippen molar-refractivity contribution >= 4 is 21.6 Å². The van der Waals surface area contributed by atoms with E-state index in [0.717, 1.165) is 24.6 Å². The van der Waals surface area contributed by atoms with Crippen molar-refractivity contribution in [3.05, 3.63) is 34.4 Å². The van der Waals surface area contributed by atoms with Gasteiger partial charge in [0, 0.05) is 17.5 Å². The molecule has 4 nitrogen and oxygen atoms in total. The highest BCUT2D eigenvalue weighted by molar-refractivity contribution is 9.09. The van der Waals surface area contributed by atoms with Gasteiger partial charge >= 0.3 is 0 Å². The molecule has 0 spiro atoms. The molecule has 0 unspecified atom stereocenters. The molecule has 5 heteroatoms. The zero-order chi connectivity index (χ0) is 11.8. The predicted octanol–water partition coefficient (Wildman–Crippen LogP) is 3.54. The normalized spacial score (nSPS) is 10.1. The molecule has 0 amide bonds. The maximum Gasteiger partial charge on any atom is 0.269 e. The summed E-state index contributed by atoms with van der Waals surface area (Å²) in [4.78, 5) is 9.99. The Labute approximate surface area is 103 Å². The molecule has 0 aliphatic carbocycles. The number of hydrogen-bond acceptors (Lipinski definition) is 3. The molecule has 0 aliphatic heterocycles. The molecule has 0 atom stereocenters. The van der Waals surface area contributed by atoms with Crippen LogP contribution in [0.1, 0.15) is 19.3 Å². The topological polar surface area (TPSA) is 52.4 Å². The van der Waals surface area contributed by atoms with Crippen molar-refractivity contribution in [3.8, 4) is 5.75 Å². The number of nitro benzene ring substituents is 1. The number of rotatable bonds is 7. The standard InChI is InChI=1S/C11H14BrNO3/c12-8-2-1-3-9-16-11-6-4-10(5-7-11)13(14)15/h4-7H,1-3,8-9H2. The molecule has 1 aromatic carbocycles. The first-order chi connectivity index (χ1) is 7.74. The minimum Gasteiger partial charge on any atom is -0.494 e. The van der Waals surface area contributed by atoms with Gasteiger partial charge in [0.1, 0.15) is 5.75 Å². The van der Waals surface area contributed by atoms with Crippen molar-refractivity contribution in [2.45, 2.75) is 19.3 Å². The predicted molar refractivity (Wildman–Crippen MR) is 66.2 cm³/mol. The summed E-state index contributed by atoms with van der Waals surface area (Å²) in [6.07, 6.45) is 3.27. The van der Waals surface area contributed by atoms with E-state index < -0.39 is 4.92 Å². The second-order valence-electron chi connectivity index (χ2n) is 3.35. The molecule has 1 aromatic rings. The van der Waals surface area contributed by atoms with E-state index in [1.54, 1.807) is 12.1 Å². The second-order valence-corrected chi connectivity index (χ2v) is 4.14. The Hall–Kier alpha value is -1.10. The fourth-order valence-electron chi connectivity index (χ4n) is 1.23. The van der Waals surface area contributed by atoms with Crippen LogP contribution in [0, 0.1) is 10.1 Å². The SMILES string of the molecule is O=[N+]([O-])c1ccc(OCCCCCBr)cc1. The average Bonchev–Trinajstić information content (AvgIpc) is 2.29. The van der Waals surface area contributed by atoms with Gasteiger partial charge in [0.2, 0.25) is 0 Å². The van der Waals surface area contributed by atoms with E-state index in [1.165, 1.54) is 12.1 Å². The van der Waals surface area contributed by atoms with Crippen molar-refractivity contribution in [1.29, 1.82) is 0 Å². The molecule has 0 saturated carbocycles. The highest BCUT2D eigenvalue weighted by Crippen LogP contribution is 2.17. The largest absolute Gasteiger partial charge is 0.494 e. The minimum absolute atomic E-state index is 0.0895. The molecule has 0 aliphatic rings. The van der Waals surface area contributed by atoms with Crippen LogP contribution >= 0.6 is 15.9 Å². The Balaban J connectivity index is 2.29. The van der Waals surface area contributed by atoms with E-state index in [1.807, 2.05) is 0 Å². The van der Waals surface area contributed by atoms with Gasteiger partial charge in [0.15, 0.2) is 0 Å². The van der Waals surface area contributed by atoms with Gasteiger partial charge in [-0.2, -0.15) is 0 Å². The maximum absolute atomic E-state index is 10.4. The number of unbranched alkanes of at least 4 members (excludes halogenated alkanes) is 2. The van der Waals surface area contributed by atoms with Gasteiger partial charge in [-0.05, 0) is 31.4 Å². The van der Waals surface area contributed by atoms with Crippen molar-refractivity contribution < 1.29 is 9.66 Å². The van der Waals surface area contributed by atoms with Crippen LogP contribution in [0.25, 0.3) is 0 Å². The quantitative estimate of drug-likeness (QED) is 0.334. The van der Waals surface area contributed by atoms with E-state index in [-0.39, 0.29) is 5.69 Å². The van der Waals surface area contributed by atoms with Gasteiger partial charge in [-0.3, -0.25) is 10.1 Å². The number of nitro groups is 1. The second kappa shape index (κ2) is 7.22. The summed E-state index contributed by atoms with van der Waals surface area (Å²) >= 11 is 3.36. The summed E-state index contributed by atoms with van der Waals surface area (Å²) in [7, 11) is 0. The van der Waals surface area contributed by atoms with Crippen LogP contribution in [0.2, 0.25) is 0 Å². The maximum atomic E-state index is 10.4. The highest BCUT2D eigenvalue weighted by Gasteiger charge is 2.03. The molecular formula is C11H14BrNO3. The lowest BCUT2D eigenvalue weighted by Crippen LogP contribution is -1.97. The Morgan fingerprint density at radius 1 is 1.19 bits per heavy atom. The summed E-state index contributed by atoms with van der Waals surface area (Å²) in [5.74, 6) is 0.685. The molecule has 0 aromatic heterocycles. The van der Waals surface area contributed by atoms with Crippen LogP contribution in [-0.4, -0.2) is 16.9 Å². The van der Waals surface area contributed by atoms with Gasteiger partial charge in [-0.25, -0.2) is 0 Å². The van der Waals surface area contributed by atoms with Crippen LogP contribution in [-0.2, 0) is 0 Å². The molecule has 0 saturated heterocycles. The van der Waals surface area contributed by atoms with Crippen LogP contribution in [0.3, 0.4) is 0 Å². The lowest BCUT2D eigenvalue weighted by molar-refractivity contribution is -0.384. The lowest BCUT2D eigenvalue weighted by atomic mass is 10.2. The number of ether oxygens (including phenoxy) is 1. The zero-order valence-electron chi connectivity index (χ0n) is 8.89. The lowest BCUT2D eigenvalue weighted by Gasteiger charge is -2.04. The Morgan fingerprint density at radius 3 is 2.44 bits per heavy atom. The molecular weight excluding hydrogens is 274 g/mol. The first-order valence-electron chi connectivity index (χ1n) is 5.17. The summed E-state index contributed by atoms with van der Waals surface area (Å²) in [5.41, 5.74) is 0.0895. The third kappa shape index (κ3) is 4.61. The Kier molecular flexibility index (Phi) is 5.85. The number of benzene rings is 1. The number of alkyl halides is 1. The van der Waals surface area contributed by atoms with Crippen molar-refractivity contribution in [2.75, 3.05) is 11.9 Å². The summed E-state index contributed by atoms with van der Waals surface area (Å²) < 4.78 is 5.45. The molecule has 0 heterocycles. The minimum atomic E-state index is -0.417. The van der Waals surface area contributed by atoms with Crippen LogP contribution in [0.15, 0.2) is 24.3 Å². The van der Waals surface area contributed by atoms with Gasteiger partial charge < -0.3 is 4.74 Å². The molecule has 0 radical (unpaired) electrons. The molecule has 1 rings (SSSR count). The van der Waals surface area contributed by atoms with Crippen molar-refractivity contribution in [3.63, 3.8) is 0 Å². The zero-order valence-corrected chi connectivity index (χ0v) is 10.5. The van der Waals surface area contributed by atoms with Gasteiger partial charge in [-0.1, -0.05) is 15.9 Å². The van der Waals surface area contributed by atoms with Gasteiger partial charge in [-0.15, -0.1) is 0 Å². The summed E-state index contributed by atoms with van der Waals surface area (Å²) in [6.45, 7) is 0.658. The van der Waals surface area contributed by atoms with Crippen LogP contribution in [0.4, 0.5) is 5.69 Å². The smallest absolute Gasteiger partial charge is 0.269 e.